The molecule has 3 aromatic rings. The summed E-state index contributed by atoms with van der Waals surface area (Å²) in [5.41, 5.74) is 3.10. The maximum atomic E-state index is 6.19. The van der Waals surface area contributed by atoms with Crippen LogP contribution in [-0.4, -0.2) is 54.3 Å². The Morgan fingerprint density at radius 3 is 2.72 bits per heavy atom. The van der Waals surface area contributed by atoms with Gasteiger partial charge < -0.3 is 14.8 Å². The predicted molar refractivity (Wildman–Crippen MR) is 116 cm³/mol. The third-order valence-electron chi connectivity index (χ3n) is 5.21. The summed E-state index contributed by atoms with van der Waals surface area (Å²) in [6, 6.07) is 14.3. The quantitative estimate of drug-likeness (QED) is 0.584. The highest BCUT2D eigenvalue weighted by Crippen LogP contribution is 2.30. The topological polar surface area (TPSA) is 59.5 Å². The zero-order valence-electron chi connectivity index (χ0n) is 16.9. The van der Waals surface area contributed by atoms with Gasteiger partial charge in [0.1, 0.15) is 17.9 Å². The number of nitrogens with one attached hydrogen (secondary N) is 1. The van der Waals surface area contributed by atoms with Crippen molar-refractivity contribution >= 4 is 22.4 Å². The molecule has 2 heterocycles. The van der Waals surface area contributed by atoms with Gasteiger partial charge in [-0.15, -0.1) is 0 Å². The van der Waals surface area contributed by atoms with Crippen molar-refractivity contribution < 1.29 is 9.47 Å². The molecule has 0 aliphatic carbocycles. The van der Waals surface area contributed by atoms with Gasteiger partial charge >= 0.3 is 0 Å². The fourth-order valence-electron chi connectivity index (χ4n) is 3.59. The zero-order valence-corrected chi connectivity index (χ0v) is 16.9. The summed E-state index contributed by atoms with van der Waals surface area (Å²) < 4.78 is 11.6. The third-order valence-corrected chi connectivity index (χ3v) is 5.21. The zero-order chi connectivity index (χ0) is 19.9. The molecule has 0 saturated carbocycles. The second kappa shape index (κ2) is 9.67. The molecule has 0 radical (unpaired) electrons. The van der Waals surface area contributed by atoms with Gasteiger partial charge in [0, 0.05) is 30.7 Å². The molecule has 6 nitrogen and oxygen atoms in total. The number of anilines is 2. The van der Waals surface area contributed by atoms with Crippen molar-refractivity contribution in [2.75, 3.05) is 44.8 Å². The highest BCUT2D eigenvalue weighted by Gasteiger charge is 2.12. The number of aryl methyl sites for hydroxylation is 1. The van der Waals surface area contributed by atoms with Crippen molar-refractivity contribution in [3.63, 3.8) is 0 Å². The van der Waals surface area contributed by atoms with Gasteiger partial charge in [-0.1, -0.05) is 25.1 Å². The minimum Gasteiger partial charge on any atom is -0.493 e. The molecule has 0 unspecified atom stereocenters. The molecule has 0 atom stereocenters. The maximum Gasteiger partial charge on any atom is 0.141 e. The number of hydrogen-bond donors (Lipinski definition) is 1. The first-order valence-corrected chi connectivity index (χ1v) is 10.4. The Hall–Kier alpha value is -2.70. The second-order valence-electron chi connectivity index (χ2n) is 7.20. The van der Waals surface area contributed by atoms with Crippen LogP contribution in [0.15, 0.2) is 48.8 Å². The molecule has 1 fully saturated rings. The summed E-state index contributed by atoms with van der Waals surface area (Å²) in [6.07, 6.45) is 3.51. The molecule has 1 saturated heterocycles. The van der Waals surface area contributed by atoms with Crippen LogP contribution in [0.1, 0.15) is 18.9 Å². The van der Waals surface area contributed by atoms with Gasteiger partial charge in [0.05, 0.1) is 25.3 Å². The van der Waals surface area contributed by atoms with E-state index in [0.717, 1.165) is 73.8 Å². The number of ether oxygens (including phenoxy) is 2. The number of hydrogen-bond acceptors (Lipinski definition) is 6. The van der Waals surface area contributed by atoms with Gasteiger partial charge in [0.2, 0.25) is 0 Å². The van der Waals surface area contributed by atoms with E-state index in [4.69, 9.17) is 9.47 Å². The number of fused-ring (bicyclic) bond motifs is 1. The first kappa shape index (κ1) is 19.6. The summed E-state index contributed by atoms with van der Waals surface area (Å²) in [4.78, 5) is 11.4. The molecule has 6 heteroatoms. The molecule has 0 amide bonds. The van der Waals surface area contributed by atoms with E-state index in [0.29, 0.717) is 6.61 Å². The third kappa shape index (κ3) is 5.02. The van der Waals surface area contributed by atoms with Crippen molar-refractivity contribution in [2.24, 2.45) is 0 Å². The lowest BCUT2D eigenvalue weighted by molar-refractivity contribution is 0.0358. The van der Waals surface area contributed by atoms with Crippen LogP contribution in [0.3, 0.4) is 0 Å². The second-order valence-corrected chi connectivity index (χ2v) is 7.20. The first-order chi connectivity index (χ1) is 14.3. The van der Waals surface area contributed by atoms with Crippen molar-refractivity contribution in [3.05, 3.63) is 54.4 Å². The van der Waals surface area contributed by atoms with Crippen LogP contribution < -0.4 is 10.1 Å². The Balaban J connectivity index is 1.49. The van der Waals surface area contributed by atoms with Gasteiger partial charge in [0.25, 0.3) is 0 Å². The van der Waals surface area contributed by atoms with Gasteiger partial charge in [-0.05, 0) is 42.7 Å². The van der Waals surface area contributed by atoms with Crippen LogP contribution in [0, 0.1) is 0 Å². The van der Waals surface area contributed by atoms with E-state index in [1.165, 1.54) is 5.56 Å². The summed E-state index contributed by atoms with van der Waals surface area (Å²) in [6.45, 7) is 7.59. The van der Waals surface area contributed by atoms with E-state index >= 15 is 0 Å². The SMILES string of the molecule is CCc1cc2ncnc(Nc3ccccc3)c2cc1OCCCN1CCOCC1. The summed E-state index contributed by atoms with van der Waals surface area (Å²) in [5, 5.41) is 4.37. The first-order valence-electron chi connectivity index (χ1n) is 10.4. The Morgan fingerprint density at radius 1 is 1.10 bits per heavy atom. The monoisotopic (exact) mass is 392 g/mol. The van der Waals surface area contributed by atoms with Crippen molar-refractivity contribution in [1.82, 2.24) is 14.9 Å². The van der Waals surface area contributed by atoms with E-state index in [1.54, 1.807) is 6.33 Å². The minimum absolute atomic E-state index is 0.699. The normalized spacial score (nSPS) is 14.8. The van der Waals surface area contributed by atoms with E-state index in [9.17, 15) is 0 Å². The largest absolute Gasteiger partial charge is 0.493 e. The molecular weight excluding hydrogens is 364 g/mol. The van der Waals surface area contributed by atoms with Crippen LogP contribution in [0.4, 0.5) is 11.5 Å². The number of benzene rings is 2. The molecular formula is C23H28N4O2. The standard InChI is InChI=1S/C23H28N4O2/c1-2-18-15-21-20(23(25-17-24-21)26-19-7-4-3-5-8-19)16-22(18)29-12-6-9-27-10-13-28-14-11-27/h3-5,7-8,15-17H,2,6,9-14H2,1H3,(H,24,25,26). The fourth-order valence-corrected chi connectivity index (χ4v) is 3.59. The van der Waals surface area contributed by atoms with Gasteiger partial charge in [-0.2, -0.15) is 0 Å². The van der Waals surface area contributed by atoms with E-state index in [2.05, 4.69) is 39.2 Å². The van der Waals surface area contributed by atoms with Crippen molar-refractivity contribution in [2.45, 2.75) is 19.8 Å². The average molecular weight is 393 g/mol. The Morgan fingerprint density at radius 2 is 1.93 bits per heavy atom. The number of rotatable bonds is 8. The highest BCUT2D eigenvalue weighted by molar-refractivity contribution is 5.92. The summed E-state index contributed by atoms with van der Waals surface area (Å²) >= 11 is 0. The molecule has 1 N–H and O–H groups in total. The van der Waals surface area contributed by atoms with Crippen molar-refractivity contribution in [1.29, 1.82) is 0 Å². The molecule has 1 aliphatic rings. The van der Waals surface area contributed by atoms with Gasteiger partial charge in [0.15, 0.2) is 0 Å². The Labute approximate surface area is 171 Å². The summed E-state index contributed by atoms with van der Waals surface area (Å²) in [5.74, 6) is 1.72. The summed E-state index contributed by atoms with van der Waals surface area (Å²) in [7, 11) is 0. The number of aromatic nitrogens is 2. The molecule has 29 heavy (non-hydrogen) atoms. The van der Waals surface area contributed by atoms with Crippen LogP contribution in [0.25, 0.3) is 10.9 Å². The smallest absolute Gasteiger partial charge is 0.141 e. The number of para-hydroxylation sites is 1. The van der Waals surface area contributed by atoms with E-state index in [1.807, 2.05) is 30.3 Å². The Kier molecular flexibility index (Phi) is 6.54. The molecule has 152 valence electrons. The maximum absolute atomic E-state index is 6.19. The van der Waals surface area contributed by atoms with Crippen molar-refractivity contribution in [3.8, 4) is 5.75 Å². The molecule has 4 rings (SSSR count). The molecule has 1 aromatic heterocycles. The van der Waals surface area contributed by atoms with E-state index < -0.39 is 0 Å². The fraction of sp³-hybridized carbons (Fsp3) is 0.391. The molecule has 1 aliphatic heterocycles. The van der Waals surface area contributed by atoms with Gasteiger partial charge in [-0.3, -0.25) is 4.90 Å². The van der Waals surface area contributed by atoms with Crippen LogP contribution in [0.2, 0.25) is 0 Å². The van der Waals surface area contributed by atoms with Crippen LogP contribution in [-0.2, 0) is 11.2 Å². The average Bonchev–Trinajstić information content (AvgIpc) is 2.78. The number of morpholine rings is 1. The van der Waals surface area contributed by atoms with Gasteiger partial charge in [-0.25, -0.2) is 9.97 Å². The van der Waals surface area contributed by atoms with Crippen LogP contribution in [0.5, 0.6) is 5.75 Å². The molecule has 2 aromatic carbocycles. The number of nitrogens with zero attached hydrogens (tertiary/aromatic N) is 3. The van der Waals surface area contributed by atoms with Crippen LogP contribution >= 0.6 is 0 Å². The minimum atomic E-state index is 0.699. The molecule has 0 spiro atoms. The van der Waals surface area contributed by atoms with E-state index in [-0.39, 0.29) is 0 Å². The highest BCUT2D eigenvalue weighted by atomic mass is 16.5. The lowest BCUT2D eigenvalue weighted by Gasteiger charge is -2.26. The predicted octanol–water partition coefficient (Wildman–Crippen LogP) is 4.04. The Bertz CT molecular complexity index is 927. The lowest BCUT2D eigenvalue weighted by Crippen LogP contribution is -2.37. The lowest BCUT2D eigenvalue weighted by atomic mass is 10.1. The molecule has 0 bridgehead atoms.